The van der Waals surface area contributed by atoms with Crippen LogP contribution in [-0.4, -0.2) is 45.0 Å². The summed E-state index contributed by atoms with van der Waals surface area (Å²) in [5.41, 5.74) is 2.15. The van der Waals surface area contributed by atoms with Gasteiger partial charge in [0.25, 0.3) is 15.9 Å². The van der Waals surface area contributed by atoms with Gasteiger partial charge in [-0.2, -0.15) is 0 Å². The smallest absolute Gasteiger partial charge is 0.261 e. The third kappa shape index (κ3) is 6.83. The molecule has 184 valence electrons. The Balaban J connectivity index is 1.32. The number of ether oxygens (including phenoxy) is 1. The highest BCUT2D eigenvalue weighted by molar-refractivity contribution is 7.92. The summed E-state index contributed by atoms with van der Waals surface area (Å²) in [7, 11) is -3.74. The van der Waals surface area contributed by atoms with E-state index in [0.29, 0.717) is 23.6 Å². The predicted octanol–water partition coefficient (Wildman–Crippen LogP) is 4.28. The molecule has 1 aliphatic heterocycles. The van der Waals surface area contributed by atoms with Gasteiger partial charge < -0.3 is 10.1 Å². The summed E-state index contributed by atoms with van der Waals surface area (Å²) < 4.78 is 33.3. The molecular weight excluding hydrogens is 462 g/mol. The summed E-state index contributed by atoms with van der Waals surface area (Å²) in [6.07, 6.45) is 1.97. The van der Waals surface area contributed by atoms with Gasteiger partial charge in [0.2, 0.25) is 0 Å². The van der Waals surface area contributed by atoms with Crippen LogP contribution in [0.4, 0.5) is 5.69 Å². The van der Waals surface area contributed by atoms with Crippen LogP contribution in [0.5, 0.6) is 5.75 Å². The van der Waals surface area contributed by atoms with E-state index >= 15 is 0 Å². The molecule has 3 aromatic carbocycles. The molecule has 1 aliphatic rings. The van der Waals surface area contributed by atoms with Gasteiger partial charge in [-0.15, -0.1) is 0 Å². The second-order valence-electron chi connectivity index (χ2n) is 8.62. The number of carbonyl (C=O) groups excluding carboxylic acids is 1. The quantitative estimate of drug-likeness (QED) is 0.465. The SMILES string of the molecule is CCOc1ccc(S(=O)(=O)Nc2ccc(C(=O)NC3CCCN(Cc4ccccc4)C3)cc2)cc1. The molecular formula is C27H31N3O4S. The Morgan fingerprint density at radius 1 is 1.00 bits per heavy atom. The van der Waals surface area contributed by atoms with Gasteiger partial charge in [0.05, 0.1) is 11.5 Å². The molecule has 1 saturated heterocycles. The zero-order valence-corrected chi connectivity index (χ0v) is 20.6. The lowest BCUT2D eigenvalue weighted by Gasteiger charge is -2.33. The van der Waals surface area contributed by atoms with E-state index in [9.17, 15) is 13.2 Å². The number of rotatable bonds is 9. The van der Waals surface area contributed by atoms with E-state index in [4.69, 9.17) is 4.74 Å². The number of amides is 1. The molecule has 35 heavy (non-hydrogen) atoms. The minimum atomic E-state index is -3.74. The summed E-state index contributed by atoms with van der Waals surface area (Å²) in [5, 5.41) is 3.13. The fourth-order valence-corrected chi connectivity index (χ4v) is 5.27. The molecule has 8 heteroatoms. The van der Waals surface area contributed by atoms with E-state index in [2.05, 4.69) is 27.1 Å². The highest BCUT2D eigenvalue weighted by Gasteiger charge is 2.22. The van der Waals surface area contributed by atoms with E-state index in [1.54, 1.807) is 36.4 Å². The largest absolute Gasteiger partial charge is 0.494 e. The zero-order chi connectivity index (χ0) is 24.7. The maximum Gasteiger partial charge on any atom is 0.261 e. The summed E-state index contributed by atoms with van der Waals surface area (Å²) in [4.78, 5) is 15.3. The Morgan fingerprint density at radius 2 is 1.71 bits per heavy atom. The number of piperidine rings is 1. The van der Waals surface area contributed by atoms with Crippen LogP contribution in [-0.2, 0) is 16.6 Å². The Bertz CT molecular complexity index is 1210. The third-order valence-corrected chi connectivity index (χ3v) is 7.33. The number of nitrogens with one attached hydrogen (secondary N) is 2. The van der Waals surface area contributed by atoms with Gasteiger partial charge in [0, 0.05) is 30.4 Å². The van der Waals surface area contributed by atoms with Gasteiger partial charge in [-0.25, -0.2) is 8.42 Å². The number of anilines is 1. The predicted molar refractivity (Wildman–Crippen MR) is 137 cm³/mol. The molecule has 0 spiro atoms. The summed E-state index contributed by atoms with van der Waals surface area (Å²) in [6, 6.07) is 23.1. The lowest BCUT2D eigenvalue weighted by molar-refractivity contribution is 0.0901. The van der Waals surface area contributed by atoms with Gasteiger partial charge in [0.1, 0.15) is 5.75 Å². The highest BCUT2D eigenvalue weighted by Crippen LogP contribution is 2.20. The van der Waals surface area contributed by atoms with Gasteiger partial charge in [-0.3, -0.25) is 14.4 Å². The second-order valence-corrected chi connectivity index (χ2v) is 10.3. The fourth-order valence-electron chi connectivity index (χ4n) is 4.21. The second kappa shape index (κ2) is 11.4. The number of likely N-dealkylation sites (tertiary alicyclic amines) is 1. The van der Waals surface area contributed by atoms with E-state index in [1.807, 2.05) is 25.1 Å². The van der Waals surface area contributed by atoms with Gasteiger partial charge >= 0.3 is 0 Å². The van der Waals surface area contributed by atoms with Crippen molar-refractivity contribution in [3.05, 3.63) is 90.0 Å². The minimum Gasteiger partial charge on any atom is -0.494 e. The van der Waals surface area contributed by atoms with Crippen molar-refractivity contribution in [3.63, 3.8) is 0 Å². The van der Waals surface area contributed by atoms with E-state index in [1.165, 1.54) is 17.7 Å². The molecule has 1 atom stereocenters. The van der Waals surface area contributed by atoms with Crippen molar-refractivity contribution < 1.29 is 17.9 Å². The van der Waals surface area contributed by atoms with Crippen molar-refractivity contribution >= 4 is 21.6 Å². The van der Waals surface area contributed by atoms with E-state index < -0.39 is 10.0 Å². The molecule has 1 heterocycles. The first-order valence-corrected chi connectivity index (χ1v) is 13.3. The lowest BCUT2D eigenvalue weighted by Crippen LogP contribution is -2.47. The Morgan fingerprint density at radius 3 is 2.40 bits per heavy atom. The summed E-state index contributed by atoms with van der Waals surface area (Å²) >= 11 is 0. The van der Waals surface area contributed by atoms with E-state index in [0.717, 1.165) is 32.5 Å². The maximum atomic E-state index is 12.8. The van der Waals surface area contributed by atoms with Crippen molar-refractivity contribution in [2.75, 3.05) is 24.4 Å². The van der Waals surface area contributed by atoms with Crippen LogP contribution < -0.4 is 14.8 Å². The molecule has 1 amide bonds. The van der Waals surface area contributed by atoms with Crippen LogP contribution in [0.25, 0.3) is 0 Å². The number of hydrogen-bond acceptors (Lipinski definition) is 5. The van der Waals surface area contributed by atoms with Crippen molar-refractivity contribution in [2.45, 2.75) is 37.2 Å². The Hall–Kier alpha value is -3.36. The number of sulfonamides is 1. The fraction of sp³-hybridized carbons (Fsp3) is 0.296. The molecule has 0 aromatic heterocycles. The minimum absolute atomic E-state index is 0.0813. The van der Waals surface area contributed by atoms with Crippen molar-refractivity contribution in [1.82, 2.24) is 10.2 Å². The van der Waals surface area contributed by atoms with Crippen LogP contribution in [0.3, 0.4) is 0 Å². The Labute approximate surface area is 207 Å². The summed E-state index contributed by atoms with van der Waals surface area (Å²) in [6.45, 7) is 5.07. The summed E-state index contributed by atoms with van der Waals surface area (Å²) in [5.74, 6) is 0.459. The Kier molecular flexibility index (Phi) is 8.05. The zero-order valence-electron chi connectivity index (χ0n) is 19.8. The first kappa shape index (κ1) is 24.8. The van der Waals surface area contributed by atoms with Crippen molar-refractivity contribution in [2.24, 2.45) is 0 Å². The molecule has 0 saturated carbocycles. The molecule has 7 nitrogen and oxygen atoms in total. The van der Waals surface area contributed by atoms with Crippen LogP contribution >= 0.6 is 0 Å². The van der Waals surface area contributed by atoms with Crippen LogP contribution in [0.2, 0.25) is 0 Å². The number of carbonyl (C=O) groups is 1. The van der Waals surface area contributed by atoms with Gasteiger partial charge in [-0.05, 0) is 80.4 Å². The van der Waals surface area contributed by atoms with Crippen molar-refractivity contribution in [1.29, 1.82) is 0 Å². The van der Waals surface area contributed by atoms with Crippen LogP contribution in [0.1, 0.15) is 35.7 Å². The molecule has 1 unspecified atom stereocenters. The molecule has 4 rings (SSSR count). The first-order valence-electron chi connectivity index (χ1n) is 11.9. The van der Waals surface area contributed by atoms with Crippen molar-refractivity contribution in [3.8, 4) is 5.75 Å². The van der Waals surface area contributed by atoms with E-state index in [-0.39, 0.29) is 16.8 Å². The molecule has 2 N–H and O–H groups in total. The number of nitrogens with zero attached hydrogens (tertiary/aromatic N) is 1. The lowest BCUT2D eigenvalue weighted by atomic mass is 10.0. The maximum absolute atomic E-state index is 12.8. The van der Waals surface area contributed by atoms with Crippen LogP contribution in [0.15, 0.2) is 83.8 Å². The molecule has 1 fully saturated rings. The van der Waals surface area contributed by atoms with Gasteiger partial charge in [-0.1, -0.05) is 30.3 Å². The third-order valence-electron chi connectivity index (χ3n) is 5.93. The molecule has 0 bridgehead atoms. The average molecular weight is 494 g/mol. The highest BCUT2D eigenvalue weighted by atomic mass is 32.2. The number of benzene rings is 3. The number of hydrogen-bond donors (Lipinski definition) is 2. The van der Waals surface area contributed by atoms with Gasteiger partial charge in [0.15, 0.2) is 0 Å². The monoisotopic (exact) mass is 493 g/mol. The molecule has 0 aliphatic carbocycles. The molecule has 3 aromatic rings. The average Bonchev–Trinajstić information content (AvgIpc) is 2.86. The standard InChI is InChI=1S/C27H31N3O4S/c1-2-34-25-14-16-26(17-15-25)35(32,33)29-23-12-10-22(11-13-23)27(31)28-24-9-6-18-30(20-24)19-21-7-4-3-5-8-21/h3-5,7-8,10-17,24,29H,2,6,9,18-20H2,1H3,(H,28,31). The topological polar surface area (TPSA) is 87.7 Å². The normalized spacial score (nSPS) is 16.4. The molecule has 0 radical (unpaired) electrons. The first-order chi connectivity index (χ1) is 16.9. The van der Waals surface area contributed by atoms with Crippen LogP contribution in [0, 0.1) is 0 Å².